The molecule has 2 aromatic carbocycles. The Balaban J connectivity index is 1.31. The minimum absolute atomic E-state index is 0.00879. The Bertz CT molecular complexity index is 2440. The number of aliphatic hydroxyl groups excluding tert-OH is 1. The molecule has 60 heavy (non-hydrogen) atoms. The molecule has 0 saturated carbocycles. The van der Waals surface area contributed by atoms with Crippen LogP contribution >= 0.6 is 0 Å². The average Bonchev–Trinajstić information content (AvgIpc) is 3.15. The number of phenolic OH excluding ortho intramolecular Hbond substituents is 4. The van der Waals surface area contributed by atoms with Crippen molar-refractivity contribution >= 4 is 35.3 Å². The van der Waals surface area contributed by atoms with Crippen LogP contribution in [0.3, 0.4) is 0 Å². The van der Waals surface area contributed by atoms with Gasteiger partial charge in [-0.3, -0.25) is 19.2 Å². The maximum Gasteiger partial charge on any atom is 0.343 e. The van der Waals surface area contributed by atoms with Crippen LogP contribution in [0.1, 0.15) is 59.0 Å². The monoisotopic (exact) mass is 824 g/mol. The summed E-state index contributed by atoms with van der Waals surface area (Å²) in [7, 11) is 0. The second-order valence-corrected chi connectivity index (χ2v) is 14.7. The maximum absolute atomic E-state index is 14.3. The minimum Gasteiger partial charge on any atom is -0.508 e. The highest BCUT2D eigenvalue weighted by atomic mass is 16.6. The number of phenols is 4. The van der Waals surface area contributed by atoms with Crippen molar-refractivity contribution in [3.05, 3.63) is 128 Å². The van der Waals surface area contributed by atoms with Crippen LogP contribution < -0.4 is 0 Å². The molecule has 0 fully saturated rings. The van der Waals surface area contributed by atoms with Crippen LogP contribution in [0.2, 0.25) is 0 Å². The molecule has 2 heterocycles. The topological polar surface area (TPSA) is 250 Å². The van der Waals surface area contributed by atoms with Crippen LogP contribution in [-0.4, -0.2) is 97.9 Å². The maximum atomic E-state index is 14.3. The number of carbonyl (C=O) groups excluding carboxylic acids is 6. The summed E-state index contributed by atoms with van der Waals surface area (Å²) in [4.78, 5) is 79.8. The lowest BCUT2D eigenvalue weighted by atomic mass is 9.75. The van der Waals surface area contributed by atoms with Crippen molar-refractivity contribution in [3.8, 4) is 23.0 Å². The first-order chi connectivity index (χ1) is 28.2. The number of aromatic hydroxyl groups is 4. The Kier molecular flexibility index (Phi) is 11.5. The number of ketones is 3. The van der Waals surface area contributed by atoms with Crippen molar-refractivity contribution in [1.29, 1.82) is 0 Å². The Morgan fingerprint density at radius 2 is 1.35 bits per heavy atom. The second-order valence-electron chi connectivity index (χ2n) is 14.7. The molecular formula is C44H40O16. The van der Waals surface area contributed by atoms with E-state index in [4.69, 9.17) is 23.7 Å². The number of hydrogen-bond donors (Lipinski definition) is 5. The van der Waals surface area contributed by atoms with Gasteiger partial charge in [-0.05, 0) is 92.5 Å². The zero-order valence-electron chi connectivity index (χ0n) is 33.0. The lowest BCUT2D eigenvalue weighted by molar-refractivity contribution is -0.147. The molecule has 0 spiro atoms. The molecule has 3 atom stereocenters. The molecule has 16 nitrogen and oxygen atoms in total. The number of ether oxygens (including phenoxy) is 5. The van der Waals surface area contributed by atoms with Gasteiger partial charge in [-0.25, -0.2) is 9.59 Å². The van der Waals surface area contributed by atoms with Gasteiger partial charge in [0.2, 0.25) is 23.0 Å². The number of aryl methyl sites for hydroxylation is 2. The van der Waals surface area contributed by atoms with E-state index in [0.29, 0.717) is 5.57 Å². The molecule has 6 rings (SSSR count). The Morgan fingerprint density at radius 1 is 0.783 bits per heavy atom. The smallest absolute Gasteiger partial charge is 0.343 e. The van der Waals surface area contributed by atoms with E-state index in [1.165, 1.54) is 82.4 Å². The van der Waals surface area contributed by atoms with Crippen LogP contribution in [0.15, 0.2) is 106 Å². The first-order valence-corrected chi connectivity index (χ1v) is 18.4. The quantitative estimate of drug-likeness (QED) is 0.103. The van der Waals surface area contributed by atoms with Gasteiger partial charge >= 0.3 is 17.9 Å². The predicted molar refractivity (Wildman–Crippen MR) is 207 cm³/mol. The molecule has 2 aromatic rings. The van der Waals surface area contributed by atoms with Crippen molar-refractivity contribution in [2.75, 3.05) is 19.8 Å². The molecule has 5 N–H and O–H groups in total. The van der Waals surface area contributed by atoms with Gasteiger partial charge in [0, 0.05) is 42.2 Å². The fourth-order valence-electron chi connectivity index (χ4n) is 7.14. The molecule has 0 bridgehead atoms. The Morgan fingerprint density at radius 3 is 1.93 bits per heavy atom. The predicted octanol–water partition coefficient (Wildman–Crippen LogP) is 4.17. The van der Waals surface area contributed by atoms with Gasteiger partial charge in [-0.2, -0.15) is 0 Å². The number of rotatable bonds is 9. The number of allylic oxidation sites excluding steroid dienone is 7. The number of carbonyl (C=O) groups is 6. The van der Waals surface area contributed by atoms with Gasteiger partial charge in [-0.15, -0.1) is 0 Å². The van der Waals surface area contributed by atoms with Crippen molar-refractivity contribution in [1.82, 2.24) is 0 Å². The average molecular weight is 825 g/mol. The number of hydrogen-bond acceptors (Lipinski definition) is 16. The summed E-state index contributed by atoms with van der Waals surface area (Å²) in [6.45, 7) is 5.78. The van der Waals surface area contributed by atoms with E-state index >= 15 is 0 Å². The lowest BCUT2D eigenvalue weighted by Gasteiger charge is -2.39. The molecule has 2 aliphatic heterocycles. The Hall–Kier alpha value is -7.20. The standard InChI is InChI=1S/C44H40O16/c1-21-12-25(46)16-33(48)36(21)41(54)59-43(4)35(50)15-24-14-27(57-19-31(24)39(43)52)8-6-10-29-30-18-28(9-7-11-56-23(3)45)58-20-32(30)40(53)44(5,38(29)51)60-42(55)37-22(2)13-26(47)17-34(37)49/h6-10,12-14,16-18,35,46-50H,11,15,19-20H2,1-5H3/b8-6+,9-7+,29-10-/t35-,43-,44?/m1/s1. The van der Waals surface area contributed by atoms with E-state index in [2.05, 4.69) is 0 Å². The third kappa shape index (κ3) is 7.96. The van der Waals surface area contributed by atoms with Gasteiger partial charge < -0.3 is 49.2 Å². The van der Waals surface area contributed by atoms with Crippen molar-refractivity contribution in [2.24, 2.45) is 0 Å². The third-order valence-electron chi connectivity index (χ3n) is 10.3. The summed E-state index contributed by atoms with van der Waals surface area (Å²) >= 11 is 0. The summed E-state index contributed by atoms with van der Waals surface area (Å²) in [5.74, 6) is -6.73. The second kappa shape index (κ2) is 16.2. The van der Waals surface area contributed by atoms with E-state index in [1.54, 1.807) is 0 Å². The molecule has 312 valence electrons. The van der Waals surface area contributed by atoms with Crippen LogP contribution in [0.25, 0.3) is 0 Å². The zero-order chi connectivity index (χ0) is 43.8. The van der Waals surface area contributed by atoms with Crippen LogP contribution in [0.5, 0.6) is 23.0 Å². The van der Waals surface area contributed by atoms with Gasteiger partial charge in [0.15, 0.2) is 5.60 Å². The van der Waals surface area contributed by atoms with Gasteiger partial charge in [0.1, 0.15) is 71.6 Å². The highest BCUT2D eigenvalue weighted by Gasteiger charge is 2.53. The fourth-order valence-corrected chi connectivity index (χ4v) is 7.14. The molecule has 1 unspecified atom stereocenters. The summed E-state index contributed by atoms with van der Waals surface area (Å²) in [5, 5.41) is 51.4. The summed E-state index contributed by atoms with van der Waals surface area (Å²) in [6, 6.07) is 4.28. The number of Topliss-reactive ketones (excluding diaryl/α,β-unsaturated/α-hetero) is 3. The first kappa shape index (κ1) is 42.4. The third-order valence-corrected chi connectivity index (χ3v) is 10.3. The number of benzene rings is 2. The lowest BCUT2D eigenvalue weighted by Crippen LogP contribution is -2.54. The SMILES string of the molecule is CC(=O)OC/C=C/C1=CC2=C(CO1)C(=O)C(C)(OC(=O)c1c(C)cc(O)cc1O)C(=O)/C2=C\C=C\C1=CC2=C(CO1)C(=O)[C@](C)(OC(=O)c1c(C)cc(O)cc1O)[C@H](O)C2. The van der Waals surface area contributed by atoms with E-state index in [1.807, 2.05) is 0 Å². The van der Waals surface area contributed by atoms with Gasteiger partial charge in [-0.1, -0.05) is 12.2 Å². The molecule has 0 radical (unpaired) electrons. The molecule has 0 amide bonds. The molecular weight excluding hydrogens is 784 g/mol. The summed E-state index contributed by atoms with van der Waals surface area (Å²) < 4.78 is 27.6. The van der Waals surface area contributed by atoms with Crippen molar-refractivity contribution in [2.45, 2.75) is 58.3 Å². The van der Waals surface area contributed by atoms with Crippen molar-refractivity contribution in [3.63, 3.8) is 0 Å². The Labute approximate surface area is 342 Å². The van der Waals surface area contributed by atoms with Gasteiger partial charge in [0.25, 0.3) is 0 Å². The summed E-state index contributed by atoms with van der Waals surface area (Å²) in [5.41, 5.74) is -4.26. The highest BCUT2D eigenvalue weighted by molar-refractivity contribution is 6.29. The minimum atomic E-state index is -2.43. The molecule has 4 aliphatic rings. The largest absolute Gasteiger partial charge is 0.508 e. The van der Waals surface area contributed by atoms with Gasteiger partial charge in [0.05, 0.1) is 0 Å². The van der Waals surface area contributed by atoms with E-state index in [0.717, 1.165) is 19.1 Å². The molecule has 16 heteroatoms. The van der Waals surface area contributed by atoms with Crippen LogP contribution in [0, 0.1) is 13.8 Å². The normalized spacial score (nSPS) is 23.5. The zero-order valence-corrected chi connectivity index (χ0v) is 33.0. The van der Waals surface area contributed by atoms with Crippen molar-refractivity contribution < 1.29 is 78.0 Å². The van der Waals surface area contributed by atoms with E-state index in [-0.39, 0.29) is 93.8 Å². The van der Waals surface area contributed by atoms with E-state index < -0.39 is 64.1 Å². The number of aliphatic hydroxyl groups is 1. The summed E-state index contributed by atoms with van der Waals surface area (Å²) in [6.07, 6.45) is 8.46. The van der Waals surface area contributed by atoms with E-state index in [9.17, 15) is 54.3 Å². The molecule has 0 aromatic heterocycles. The van der Waals surface area contributed by atoms with Crippen LogP contribution in [0.4, 0.5) is 0 Å². The highest BCUT2D eigenvalue weighted by Crippen LogP contribution is 2.41. The molecule has 2 aliphatic carbocycles. The number of esters is 3. The fraction of sp³-hybridized carbons (Fsp3) is 0.273. The van der Waals surface area contributed by atoms with Crippen LogP contribution in [-0.2, 0) is 42.9 Å². The molecule has 0 saturated heterocycles. The first-order valence-electron chi connectivity index (χ1n) is 18.4.